The number of allylic oxidation sites excluding steroid dienone is 1. The molecule has 1 spiro atoms. The Kier molecular flexibility index (Phi) is 2.23. The van der Waals surface area contributed by atoms with Crippen LogP contribution in [0.5, 0.6) is 0 Å². The minimum atomic E-state index is -1.32. The Morgan fingerprint density at radius 2 is 1.92 bits per heavy atom. The van der Waals surface area contributed by atoms with Crippen LogP contribution in [-0.2, 0) is 14.2 Å². The highest BCUT2D eigenvalue weighted by molar-refractivity contribution is 6.49. The van der Waals surface area contributed by atoms with Gasteiger partial charge in [-0.1, -0.05) is 30.1 Å². The number of hydrogen-bond donors (Lipinski definition) is 0. The van der Waals surface area contributed by atoms with Gasteiger partial charge < -0.3 is 14.2 Å². The fourth-order valence-electron chi connectivity index (χ4n) is 1.38. The van der Waals surface area contributed by atoms with Crippen molar-refractivity contribution in [3.63, 3.8) is 0 Å². The predicted molar refractivity (Wildman–Crippen MR) is 48.5 cm³/mol. The number of rotatable bonds is 0. The smallest absolute Gasteiger partial charge is 0.362 e. The van der Waals surface area contributed by atoms with E-state index in [-0.39, 0.29) is 5.92 Å². The van der Waals surface area contributed by atoms with Crippen LogP contribution in [0, 0.1) is 5.92 Å². The van der Waals surface area contributed by atoms with E-state index in [1.54, 1.807) is 6.08 Å². The topological polar surface area (TPSA) is 27.7 Å². The maximum absolute atomic E-state index is 6.12. The third-order valence-corrected chi connectivity index (χ3v) is 3.39. The molecule has 0 aliphatic carbocycles. The van der Waals surface area contributed by atoms with Crippen molar-refractivity contribution in [1.29, 1.82) is 0 Å². The van der Waals surface area contributed by atoms with Gasteiger partial charge in [0.2, 0.25) is 4.33 Å². The normalized spacial score (nSPS) is 34.8. The van der Waals surface area contributed by atoms with Crippen molar-refractivity contribution in [2.24, 2.45) is 5.92 Å². The summed E-state index contributed by atoms with van der Waals surface area (Å²) in [6.45, 7) is 2.77. The third-order valence-electron chi connectivity index (χ3n) is 2.24. The molecule has 0 radical (unpaired) electrons. The Hall–Kier alpha value is 0.0400. The molecule has 0 N–H and O–H groups in total. The molecule has 1 unspecified atom stereocenters. The van der Waals surface area contributed by atoms with Crippen LogP contribution < -0.4 is 0 Å². The van der Waals surface area contributed by atoms with E-state index in [4.69, 9.17) is 37.4 Å². The molecule has 0 aromatic rings. The van der Waals surface area contributed by atoms with Crippen molar-refractivity contribution < 1.29 is 14.2 Å². The second-order valence-corrected chi connectivity index (χ2v) is 4.50. The minimum Gasteiger partial charge on any atom is -0.445 e. The van der Waals surface area contributed by atoms with Crippen LogP contribution in [0.3, 0.4) is 0 Å². The lowest BCUT2D eigenvalue weighted by Gasteiger charge is -2.41. The first-order valence-electron chi connectivity index (χ1n) is 4.09. The van der Waals surface area contributed by atoms with Crippen molar-refractivity contribution in [3.8, 4) is 0 Å². The highest BCUT2D eigenvalue weighted by Gasteiger charge is 2.61. The van der Waals surface area contributed by atoms with E-state index in [2.05, 4.69) is 0 Å². The summed E-state index contributed by atoms with van der Waals surface area (Å²) in [5.41, 5.74) is 0. The van der Waals surface area contributed by atoms with Crippen molar-refractivity contribution in [3.05, 3.63) is 12.3 Å². The lowest BCUT2D eigenvalue weighted by molar-refractivity contribution is -0.323. The maximum atomic E-state index is 6.12. The van der Waals surface area contributed by atoms with Crippen LogP contribution in [0.15, 0.2) is 12.3 Å². The van der Waals surface area contributed by atoms with Crippen LogP contribution in [0.4, 0.5) is 0 Å². The summed E-state index contributed by atoms with van der Waals surface area (Å²) in [4.78, 5) is 0. The summed E-state index contributed by atoms with van der Waals surface area (Å²) in [5, 5.41) is 0. The van der Waals surface area contributed by atoms with E-state index < -0.39 is 10.3 Å². The molecule has 2 aliphatic heterocycles. The molecule has 13 heavy (non-hydrogen) atoms. The van der Waals surface area contributed by atoms with Gasteiger partial charge in [-0.25, -0.2) is 0 Å². The Balaban J connectivity index is 2.32. The summed E-state index contributed by atoms with van der Waals surface area (Å²) in [7, 11) is 0. The molecule has 5 heteroatoms. The van der Waals surface area contributed by atoms with Crippen LogP contribution >= 0.6 is 23.2 Å². The van der Waals surface area contributed by atoms with E-state index >= 15 is 0 Å². The van der Waals surface area contributed by atoms with Gasteiger partial charge in [0.1, 0.15) is 0 Å². The number of ether oxygens (including phenoxy) is 3. The molecule has 1 fully saturated rings. The second kappa shape index (κ2) is 3.02. The van der Waals surface area contributed by atoms with Gasteiger partial charge in [-0.05, 0) is 6.08 Å². The van der Waals surface area contributed by atoms with Crippen LogP contribution in [-0.4, -0.2) is 23.5 Å². The molecule has 0 aromatic carbocycles. The number of halogens is 2. The van der Waals surface area contributed by atoms with Gasteiger partial charge in [0.25, 0.3) is 0 Å². The monoisotopic (exact) mass is 224 g/mol. The van der Waals surface area contributed by atoms with Crippen molar-refractivity contribution in [2.45, 2.75) is 17.2 Å². The van der Waals surface area contributed by atoms with Crippen molar-refractivity contribution >= 4 is 23.2 Å². The molecular formula is C8H10Cl2O3. The zero-order chi connectivity index (χ0) is 9.53. The van der Waals surface area contributed by atoms with Crippen LogP contribution in [0.25, 0.3) is 0 Å². The average molecular weight is 225 g/mol. The van der Waals surface area contributed by atoms with Gasteiger partial charge >= 0.3 is 5.97 Å². The zero-order valence-electron chi connectivity index (χ0n) is 7.13. The molecule has 1 atom stereocenters. The summed E-state index contributed by atoms with van der Waals surface area (Å²) < 4.78 is 14.6. The van der Waals surface area contributed by atoms with E-state index in [0.717, 1.165) is 0 Å². The molecule has 1 saturated heterocycles. The molecular weight excluding hydrogens is 215 g/mol. The van der Waals surface area contributed by atoms with Gasteiger partial charge in [0.05, 0.1) is 19.5 Å². The van der Waals surface area contributed by atoms with E-state index in [1.165, 1.54) is 6.26 Å². The second-order valence-electron chi connectivity index (χ2n) is 3.11. The van der Waals surface area contributed by atoms with E-state index in [0.29, 0.717) is 13.2 Å². The molecule has 0 amide bonds. The van der Waals surface area contributed by atoms with Crippen LogP contribution in [0.1, 0.15) is 6.92 Å². The quantitative estimate of drug-likeness (QED) is 0.590. The van der Waals surface area contributed by atoms with Crippen LogP contribution in [0.2, 0.25) is 0 Å². The Morgan fingerprint density at radius 3 is 2.54 bits per heavy atom. The number of hydrogen-bond acceptors (Lipinski definition) is 3. The van der Waals surface area contributed by atoms with E-state index in [9.17, 15) is 0 Å². The molecule has 0 bridgehead atoms. The molecule has 74 valence electrons. The first kappa shape index (κ1) is 9.59. The largest absolute Gasteiger partial charge is 0.445 e. The summed E-state index contributed by atoms with van der Waals surface area (Å²) in [6, 6.07) is 0. The molecule has 3 nitrogen and oxygen atoms in total. The van der Waals surface area contributed by atoms with Gasteiger partial charge in [-0.15, -0.1) is 0 Å². The van der Waals surface area contributed by atoms with Gasteiger partial charge in [0.15, 0.2) is 0 Å². The fraction of sp³-hybridized carbons (Fsp3) is 0.750. The van der Waals surface area contributed by atoms with Crippen molar-refractivity contribution in [2.75, 3.05) is 13.2 Å². The molecule has 2 aliphatic rings. The lowest BCUT2D eigenvalue weighted by atomic mass is 10.0. The first-order chi connectivity index (χ1) is 6.08. The lowest BCUT2D eigenvalue weighted by Crippen LogP contribution is -2.54. The standard InChI is InChI=1S/C8H10Cl2O3/c1-6-2-3-11-8(7(6,9)10)12-4-5-13-8/h2-3,6H,4-5H2,1H3. The highest BCUT2D eigenvalue weighted by atomic mass is 35.5. The fourth-order valence-corrected chi connectivity index (χ4v) is 1.83. The Labute approximate surface area is 86.5 Å². The van der Waals surface area contributed by atoms with E-state index in [1.807, 2.05) is 6.92 Å². The first-order valence-corrected chi connectivity index (χ1v) is 4.84. The molecule has 0 saturated carbocycles. The predicted octanol–water partition coefficient (Wildman–Crippen LogP) is 2.04. The highest BCUT2D eigenvalue weighted by Crippen LogP contribution is 2.49. The summed E-state index contributed by atoms with van der Waals surface area (Å²) in [6.07, 6.45) is 3.29. The third kappa shape index (κ3) is 1.26. The molecule has 2 heterocycles. The average Bonchev–Trinajstić information content (AvgIpc) is 2.52. The van der Waals surface area contributed by atoms with Gasteiger partial charge in [-0.3, -0.25) is 0 Å². The molecule has 0 aromatic heterocycles. The summed E-state index contributed by atoms with van der Waals surface area (Å²) in [5.74, 6) is -1.40. The minimum absolute atomic E-state index is 0.0808. The van der Waals surface area contributed by atoms with Crippen molar-refractivity contribution in [1.82, 2.24) is 0 Å². The van der Waals surface area contributed by atoms with Gasteiger partial charge in [-0.2, -0.15) is 0 Å². The zero-order valence-corrected chi connectivity index (χ0v) is 8.64. The SMILES string of the molecule is CC1C=COC2(OCCO2)C1(Cl)Cl. The maximum Gasteiger partial charge on any atom is 0.362 e. The number of alkyl halides is 2. The molecule has 2 rings (SSSR count). The summed E-state index contributed by atoms with van der Waals surface area (Å²) >= 11 is 12.2. The van der Waals surface area contributed by atoms with Gasteiger partial charge in [0, 0.05) is 5.92 Å². The Bertz CT molecular complexity index is 234. The Morgan fingerprint density at radius 1 is 1.31 bits per heavy atom.